The summed E-state index contributed by atoms with van der Waals surface area (Å²) in [5.74, 6) is 0.989. The van der Waals surface area contributed by atoms with Gasteiger partial charge in [-0.15, -0.1) is 6.58 Å². The zero-order valence-electron chi connectivity index (χ0n) is 12.6. The number of methoxy groups -OCH3 is 3. The van der Waals surface area contributed by atoms with Crippen molar-refractivity contribution in [3.05, 3.63) is 30.4 Å². The lowest BCUT2D eigenvalue weighted by Gasteiger charge is -2.21. The SMILES string of the molecule is C=CCN(CCO)C(=O)c1cc(OC)c(OC)c(OC)c1. The number of ether oxygens (including phenoxy) is 3. The van der Waals surface area contributed by atoms with Crippen LogP contribution in [-0.4, -0.2) is 56.9 Å². The highest BCUT2D eigenvalue weighted by atomic mass is 16.5. The van der Waals surface area contributed by atoms with Crippen LogP contribution in [0.25, 0.3) is 0 Å². The summed E-state index contributed by atoms with van der Waals surface area (Å²) in [6.45, 7) is 4.05. The van der Waals surface area contributed by atoms with Crippen molar-refractivity contribution in [3.8, 4) is 17.2 Å². The van der Waals surface area contributed by atoms with E-state index in [2.05, 4.69) is 6.58 Å². The molecule has 0 aromatic heterocycles. The van der Waals surface area contributed by atoms with Crippen molar-refractivity contribution in [2.45, 2.75) is 0 Å². The molecule has 0 spiro atoms. The van der Waals surface area contributed by atoms with Gasteiger partial charge in [0, 0.05) is 18.7 Å². The first kappa shape index (κ1) is 16.8. The molecule has 21 heavy (non-hydrogen) atoms. The van der Waals surface area contributed by atoms with Crippen LogP contribution in [0.4, 0.5) is 0 Å². The van der Waals surface area contributed by atoms with Crippen molar-refractivity contribution in [2.24, 2.45) is 0 Å². The van der Waals surface area contributed by atoms with Crippen LogP contribution >= 0.6 is 0 Å². The molecule has 0 heterocycles. The third-order valence-corrected chi connectivity index (χ3v) is 2.92. The fourth-order valence-electron chi connectivity index (χ4n) is 1.94. The lowest BCUT2D eigenvalue weighted by Crippen LogP contribution is -2.33. The second-order valence-electron chi connectivity index (χ2n) is 4.18. The molecule has 0 unspecified atom stereocenters. The molecular weight excluding hydrogens is 274 g/mol. The van der Waals surface area contributed by atoms with Crippen molar-refractivity contribution in [1.82, 2.24) is 4.90 Å². The van der Waals surface area contributed by atoms with Gasteiger partial charge in [0.1, 0.15) is 0 Å². The minimum atomic E-state index is -0.247. The fraction of sp³-hybridized carbons (Fsp3) is 0.400. The Morgan fingerprint density at radius 3 is 2.19 bits per heavy atom. The summed E-state index contributed by atoms with van der Waals surface area (Å²) in [6.07, 6.45) is 1.60. The van der Waals surface area contributed by atoms with E-state index in [0.29, 0.717) is 29.4 Å². The molecule has 116 valence electrons. The number of aliphatic hydroxyl groups is 1. The lowest BCUT2D eigenvalue weighted by atomic mass is 10.1. The maximum atomic E-state index is 12.5. The molecule has 0 radical (unpaired) electrons. The largest absolute Gasteiger partial charge is 0.493 e. The average molecular weight is 295 g/mol. The van der Waals surface area contributed by atoms with Crippen molar-refractivity contribution >= 4 is 5.91 Å². The van der Waals surface area contributed by atoms with Crippen LogP contribution in [0.5, 0.6) is 17.2 Å². The number of hydrogen-bond donors (Lipinski definition) is 1. The van der Waals surface area contributed by atoms with Gasteiger partial charge < -0.3 is 24.2 Å². The monoisotopic (exact) mass is 295 g/mol. The highest BCUT2D eigenvalue weighted by Crippen LogP contribution is 2.38. The first-order chi connectivity index (χ1) is 10.1. The Hall–Kier alpha value is -2.21. The highest BCUT2D eigenvalue weighted by Gasteiger charge is 2.20. The highest BCUT2D eigenvalue weighted by molar-refractivity contribution is 5.95. The first-order valence-electron chi connectivity index (χ1n) is 6.43. The molecule has 1 aromatic rings. The van der Waals surface area contributed by atoms with Crippen LogP contribution < -0.4 is 14.2 Å². The lowest BCUT2D eigenvalue weighted by molar-refractivity contribution is 0.0742. The van der Waals surface area contributed by atoms with Gasteiger partial charge in [0.2, 0.25) is 5.75 Å². The van der Waals surface area contributed by atoms with Gasteiger partial charge in [0.25, 0.3) is 5.91 Å². The predicted octanol–water partition coefficient (Wildman–Crippen LogP) is 1.33. The molecule has 0 aliphatic carbocycles. The van der Waals surface area contributed by atoms with E-state index >= 15 is 0 Å². The average Bonchev–Trinajstić information content (AvgIpc) is 2.52. The summed E-state index contributed by atoms with van der Waals surface area (Å²) in [5.41, 5.74) is 0.389. The van der Waals surface area contributed by atoms with E-state index in [9.17, 15) is 4.79 Å². The molecule has 6 heteroatoms. The summed E-state index contributed by atoms with van der Waals surface area (Å²) in [5, 5.41) is 9.05. The van der Waals surface area contributed by atoms with Crippen molar-refractivity contribution < 1.29 is 24.1 Å². The number of carbonyl (C=O) groups is 1. The van der Waals surface area contributed by atoms with Crippen molar-refractivity contribution in [1.29, 1.82) is 0 Å². The third kappa shape index (κ3) is 3.88. The number of aliphatic hydroxyl groups excluding tert-OH is 1. The van der Waals surface area contributed by atoms with E-state index in [1.807, 2.05) is 0 Å². The van der Waals surface area contributed by atoms with E-state index in [1.54, 1.807) is 18.2 Å². The predicted molar refractivity (Wildman–Crippen MR) is 79.3 cm³/mol. The van der Waals surface area contributed by atoms with Gasteiger partial charge in [-0.05, 0) is 12.1 Å². The summed E-state index contributed by atoms with van der Waals surface area (Å²) in [7, 11) is 4.47. The van der Waals surface area contributed by atoms with Crippen LogP contribution in [0, 0.1) is 0 Å². The van der Waals surface area contributed by atoms with Gasteiger partial charge in [-0.3, -0.25) is 4.79 Å². The van der Waals surface area contributed by atoms with Crippen LogP contribution in [-0.2, 0) is 0 Å². The smallest absolute Gasteiger partial charge is 0.254 e. The Morgan fingerprint density at radius 2 is 1.81 bits per heavy atom. The quantitative estimate of drug-likeness (QED) is 0.733. The van der Waals surface area contributed by atoms with Gasteiger partial charge in [0.05, 0.1) is 27.9 Å². The van der Waals surface area contributed by atoms with Crippen molar-refractivity contribution in [2.75, 3.05) is 41.0 Å². The molecule has 0 bridgehead atoms. The molecule has 0 saturated heterocycles. The molecule has 6 nitrogen and oxygen atoms in total. The molecule has 1 rings (SSSR count). The summed E-state index contributed by atoms with van der Waals surface area (Å²) >= 11 is 0. The fourth-order valence-corrected chi connectivity index (χ4v) is 1.94. The van der Waals surface area contributed by atoms with E-state index in [1.165, 1.54) is 26.2 Å². The van der Waals surface area contributed by atoms with Gasteiger partial charge in [-0.1, -0.05) is 6.08 Å². The number of hydrogen-bond acceptors (Lipinski definition) is 5. The summed E-state index contributed by atoms with van der Waals surface area (Å²) < 4.78 is 15.7. The maximum Gasteiger partial charge on any atom is 0.254 e. The molecule has 1 aromatic carbocycles. The van der Waals surface area contributed by atoms with Crippen molar-refractivity contribution in [3.63, 3.8) is 0 Å². The van der Waals surface area contributed by atoms with Gasteiger partial charge in [-0.2, -0.15) is 0 Å². The number of amides is 1. The Kier molecular flexibility index (Phi) is 6.55. The second-order valence-corrected chi connectivity index (χ2v) is 4.18. The van der Waals surface area contributed by atoms with Crippen LogP contribution in [0.3, 0.4) is 0 Å². The van der Waals surface area contributed by atoms with Crippen LogP contribution in [0.1, 0.15) is 10.4 Å². The minimum Gasteiger partial charge on any atom is -0.493 e. The van der Waals surface area contributed by atoms with Gasteiger partial charge in [0.15, 0.2) is 11.5 Å². The summed E-state index contributed by atoms with van der Waals surface area (Å²) in [4.78, 5) is 14.0. The van der Waals surface area contributed by atoms with Gasteiger partial charge >= 0.3 is 0 Å². The molecule has 0 aliphatic heterocycles. The molecule has 1 amide bonds. The third-order valence-electron chi connectivity index (χ3n) is 2.92. The first-order valence-corrected chi connectivity index (χ1v) is 6.43. The zero-order chi connectivity index (χ0) is 15.8. The number of carbonyl (C=O) groups excluding carboxylic acids is 1. The molecule has 0 atom stereocenters. The molecular formula is C15H21NO5. The van der Waals surface area contributed by atoms with E-state index < -0.39 is 0 Å². The van der Waals surface area contributed by atoms with Gasteiger partial charge in [-0.25, -0.2) is 0 Å². The van der Waals surface area contributed by atoms with E-state index in [-0.39, 0.29) is 19.1 Å². The van der Waals surface area contributed by atoms with Crippen LogP contribution in [0.2, 0.25) is 0 Å². The normalized spacial score (nSPS) is 9.90. The number of rotatable bonds is 8. The van der Waals surface area contributed by atoms with Crippen LogP contribution in [0.15, 0.2) is 24.8 Å². The van der Waals surface area contributed by atoms with E-state index in [4.69, 9.17) is 19.3 Å². The topological polar surface area (TPSA) is 68.2 Å². The Balaban J connectivity index is 3.22. The number of nitrogens with zero attached hydrogens (tertiary/aromatic N) is 1. The molecule has 0 saturated carbocycles. The minimum absolute atomic E-state index is 0.121. The standard InChI is InChI=1S/C15H21NO5/c1-5-6-16(7-8-17)15(18)11-9-12(19-2)14(21-4)13(10-11)20-3/h5,9-10,17H,1,6-8H2,2-4H3. The molecule has 1 N–H and O–H groups in total. The number of benzene rings is 1. The Morgan fingerprint density at radius 1 is 1.24 bits per heavy atom. The zero-order valence-corrected chi connectivity index (χ0v) is 12.6. The maximum absolute atomic E-state index is 12.5. The summed E-state index contributed by atoms with van der Waals surface area (Å²) in [6, 6.07) is 3.16. The Bertz CT molecular complexity index is 476. The van der Waals surface area contributed by atoms with E-state index in [0.717, 1.165) is 0 Å². The molecule has 0 aliphatic rings. The Labute approximate surface area is 124 Å². The molecule has 0 fully saturated rings. The second kappa shape index (κ2) is 8.16.